The Balaban J connectivity index is 2.18. The van der Waals surface area contributed by atoms with Gasteiger partial charge in [0.1, 0.15) is 28.1 Å². The number of nitrogens with one attached hydrogen (secondary N) is 1. The number of rotatable bonds is 8. The van der Waals surface area contributed by atoms with Gasteiger partial charge in [-0.3, -0.25) is 4.79 Å². The van der Waals surface area contributed by atoms with Crippen molar-refractivity contribution in [3.05, 3.63) is 45.3 Å². The SMILES string of the molecule is COC(=O)c1sc(N)c(C(=O)OC)c1COC(=O)C(C)NS(=O)(=O)c1ccc(Cl)cc1. The quantitative estimate of drug-likeness (QED) is 0.417. The molecule has 13 heteroatoms. The first kappa shape index (κ1) is 24.6. The van der Waals surface area contributed by atoms with Crippen LogP contribution in [0.1, 0.15) is 32.5 Å². The molecule has 0 aliphatic heterocycles. The normalized spacial score (nSPS) is 12.1. The number of carbonyl (C=O) groups excluding carboxylic acids is 3. The summed E-state index contributed by atoms with van der Waals surface area (Å²) >= 11 is 6.52. The van der Waals surface area contributed by atoms with Crippen molar-refractivity contribution in [1.29, 1.82) is 0 Å². The number of hydrogen-bond acceptors (Lipinski definition) is 10. The van der Waals surface area contributed by atoms with E-state index in [4.69, 9.17) is 22.1 Å². The van der Waals surface area contributed by atoms with Gasteiger partial charge in [-0.25, -0.2) is 18.0 Å². The van der Waals surface area contributed by atoms with Crippen LogP contribution in [0.4, 0.5) is 5.00 Å². The molecule has 2 rings (SSSR count). The molecule has 168 valence electrons. The number of ether oxygens (including phenoxy) is 3. The summed E-state index contributed by atoms with van der Waals surface area (Å²) in [6.07, 6.45) is 0. The van der Waals surface area contributed by atoms with Crippen LogP contribution in [0.15, 0.2) is 29.2 Å². The third kappa shape index (κ3) is 5.73. The maximum absolute atomic E-state index is 12.4. The number of sulfonamides is 1. The maximum atomic E-state index is 12.4. The molecule has 0 amide bonds. The highest BCUT2D eigenvalue weighted by molar-refractivity contribution is 7.89. The van der Waals surface area contributed by atoms with Gasteiger partial charge < -0.3 is 19.9 Å². The van der Waals surface area contributed by atoms with E-state index in [2.05, 4.69) is 14.2 Å². The zero-order chi connectivity index (χ0) is 23.3. The highest BCUT2D eigenvalue weighted by Crippen LogP contribution is 2.33. The zero-order valence-electron chi connectivity index (χ0n) is 16.6. The lowest BCUT2D eigenvalue weighted by Gasteiger charge is -2.14. The minimum atomic E-state index is -4.03. The molecule has 1 atom stereocenters. The number of nitrogen functional groups attached to an aromatic ring is 1. The van der Waals surface area contributed by atoms with E-state index in [1.165, 1.54) is 31.2 Å². The second kappa shape index (κ2) is 10.1. The summed E-state index contributed by atoms with van der Waals surface area (Å²) in [7, 11) is -1.76. The summed E-state index contributed by atoms with van der Waals surface area (Å²) < 4.78 is 41.4. The number of anilines is 1. The van der Waals surface area contributed by atoms with Gasteiger partial charge in [-0.05, 0) is 31.2 Å². The minimum Gasteiger partial charge on any atom is -0.465 e. The lowest BCUT2D eigenvalue weighted by Crippen LogP contribution is -2.39. The second-order valence-corrected chi connectivity index (χ2v) is 9.24. The van der Waals surface area contributed by atoms with Crippen molar-refractivity contribution in [3.8, 4) is 0 Å². The molecule has 0 bridgehead atoms. The molecule has 0 radical (unpaired) electrons. The van der Waals surface area contributed by atoms with Crippen LogP contribution in [0.2, 0.25) is 5.02 Å². The lowest BCUT2D eigenvalue weighted by molar-refractivity contribution is -0.146. The molecule has 2 aromatic rings. The standard InChI is InChI=1S/C18H19ClN2O8S2/c1-9(21-31(25,26)11-6-4-10(19)5-7-11)16(22)29-8-12-13(17(23)27-2)15(20)30-14(12)18(24)28-3/h4-7,9,21H,8,20H2,1-3H3. The molecule has 1 unspecified atom stereocenters. The first-order chi connectivity index (χ1) is 14.5. The van der Waals surface area contributed by atoms with Crippen LogP contribution in [0.25, 0.3) is 0 Å². The van der Waals surface area contributed by atoms with E-state index in [-0.39, 0.29) is 25.9 Å². The monoisotopic (exact) mass is 490 g/mol. The number of benzene rings is 1. The number of esters is 3. The Kier molecular flexibility index (Phi) is 8.01. The van der Waals surface area contributed by atoms with Gasteiger partial charge in [0.2, 0.25) is 10.0 Å². The van der Waals surface area contributed by atoms with Crippen LogP contribution in [0.5, 0.6) is 0 Å². The Morgan fingerprint density at radius 1 is 1.13 bits per heavy atom. The first-order valence-electron chi connectivity index (χ1n) is 8.54. The fourth-order valence-electron chi connectivity index (χ4n) is 2.44. The molecule has 0 spiro atoms. The predicted octanol–water partition coefficient (Wildman–Crippen LogP) is 1.97. The van der Waals surface area contributed by atoms with E-state index in [1.807, 2.05) is 0 Å². The van der Waals surface area contributed by atoms with Crippen molar-refractivity contribution < 1.29 is 37.0 Å². The molecule has 0 fully saturated rings. The number of halogens is 1. The van der Waals surface area contributed by atoms with Gasteiger partial charge in [0, 0.05) is 10.6 Å². The van der Waals surface area contributed by atoms with Crippen LogP contribution >= 0.6 is 22.9 Å². The molecule has 1 aromatic carbocycles. The largest absolute Gasteiger partial charge is 0.465 e. The van der Waals surface area contributed by atoms with Crippen LogP contribution in [0.3, 0.4) is 0 Å². The molecule has 10 nitrogen and oxygen atoms in total. The number of carbonyl (C=O) groups is 3. The number of hydrogen-bond donors (Lipinski definition) is 2. The van der Waals surface area contributed by atoms with Crippen molar-refractivity contribution in [2.45, 2.75) is 24.5 Å². The Bertz CT molecular complexity index is 1100. The van der Waals surface area contributed by atoms with Gasteiger partial charge in [-0.2, -0.15) is 4.72 Å². The van der Waals surface area contributed by atoms with Crippen LogP contribution in [0, 0.1) is 0 Å². The van der Waals surface area contributed by atoms with Gasteiger partial charge in [-0.15, -0.1) is 11.3 Å². The topological polar surface area (TPSA) is 151 Å². The van der Waals surface area contributed by atoms with E-state index >= 15 is 0 Å². The second-order valence-electron chi connectivity index (χ2n) is 6.04. The lowest BCUT2D eigenvalue weighted by atomic mass is 10.1. The average molecular weight is 491 g/mol. The molecule has 1 heterocycles. The molecular weight excluding hydrogens is 472 g/mol. The number of thiophene rings is 1. The van der Waals surface area contributed by atoms with Gasteiger partial charge in [0.15, 0.2) is 0 Å². The summed E-state index contributed by atoms with van der Waals surface area (Å²) in [6, 6.07) is 4.07. The smallest absolute Gasteiger partial charge is 0.348 e. The molecule has 3 N–H and O–H groups in total. The fourth-order valence-corrected chi connectivity index (χ4v) is 4.73. The summed E-state index contributed by atoms with van der Waals surface area (Å²) in [6.45, 7) is 0.745. The summed E-state index contributed by atoms with van der Waals surface area (Å²) in [4.78, 5) is 36.3. The summed E-state index contributed by atoms with van der Waals surface area (Å²) in [5.74, 6) is -2.56. The molecule has 31 heavy (non-hydrogen) atoms. The van der Waals surface area contributed by atoms with Crippen molar-refractivity contribution in [2.75, 3.05) is 20.0 Å². The van der Waals surface area contributed by atoms with Crippen LogP contribution in [-0.2, 0) is 35.6 Å². The highest BCUT2D eigenvalue weighted by Gasteiger charge is 2.29. The maximum Gasteiger partial charge on any atom is 0.348 e. The Hall–Kier alpha value is -2.67. The molecule has 0 aliphatic rings. The van der Waals surface area contributed by atoms with Crippen molar-refractivity contribution in [2.24, 2.45) is 0 Å². The van der Waals surface area contributed by atoms with Gasteiger partial charge in [0.05, 0.1) is 19.1 Å². The molecule has 0 saturated heterocycles. The molecule has 0 saturated carbocycles. The Morgan fingerprint density at radius 3 is 2.26 bits per heavy atom. The van der Waals surface area contributed by atoms with E-state index < -0.39 is 40.6 Å². The summed E-state index contributed by atoms with van der Waals surface area (Å²) in [5.41, 5.74) is 5.68. The van der Waals surface area contributed by atoms with Crippen LogP contribution < -0.4 is 10.5 Å². The van der Waals surface area contributed by atoms with Gasteiger partial charge in [0.25, 0.3) is 0 Å². The van der Waals surface area contributed by atoms with E-state index in [9.17, 15) is 22.8 Å². The number of methoxy groups -OCH3 is 2. The average Bonchev–Trinajstić information content (AvgIpc) is 3.06. The van der Waals surface area contributed by atoms with Crippen LogP contribution in [-0.4, -0.2) is 46.6 Å². The van der Waals surface area contributed by atoms with Crippen molar-refractivity contribution >= 4 is 55.9 Å². The number of nitrogens with two attached hydrogens (primary N) is 1. The molecular formula is C18H19ClN2O8S2. The van der Waals surface area contributed by atoms with E-state index in [0.29, 0.717) is 5.02 Å². The zero-order valence-corrected chi connectivity index (χ0v) is 19.0. The van der Waals surface area contributed by atoms with Gasteiger partial charge in [-0.1, -0.05) is 11.6 Å². The van der Waals surface area contributed by atoms with Crippen molar-refractivity contribution in [3.63, 3.8) is 0 Å². The molecule has 1 aromatic heterocycles. The predicted molar refractivity (Wildman–Crippen MR) is 112 cm³/mol. The first-order valence-corrected chi connectivity index (χ1v) is 11.2. The van der Waals surface area contributed by atoms with E-state index in [1.54, 1.807) is 0 Å². The van der Waals surface area contributed by atoms with Gasteiger partial charge >= 0.3 is 17.9 Å². The molecule has 0 aliphatic carbocycles. The highest BCUT2D eigenvalue weighted by atomic mass is 35.5. The third-order valence-corrected chi connectivity index (χ3v) is 6.81. The van der Waals surface area contributed by atoms with Crippen molar-refractivity contribution in [1.82, 2.24) is 4.72 Å². The van der Waals surface area contributed by atoms with E-state index in [0.717, 1.165) is 25.6 Å². The minimum absolute atomic E-state index is 0.00214. The fraction of sp³-hybridized carbons (Fsp3) is 0.278. The Labute approximate surface area is 187 Å². The third-order valence-electron chi connectivity index (χ3n) is 3.96. The summed E-state index contributed by atoms with van der Waals surface area (Å²) in [5, 5.41) is 0.332. The Morgan fingerprint density at radius 2 is 1.71 bits per heavy atom.